The van der Waals surface area contributed by atoms with Crippen LogP contribution >= 0.6 is 0 Å². The number of benzene rings is 1. The summed E-state index contributed by atoms with van der Waals surface area (Å²) in [6, 6.07) is 11.9. The van der Waals surface area contributed by atoms with Crippen LogP contribution in [0.4, 0.5) is 0 Å². The average molecular weight is 409 g/mol. The highest BCUT2D eigenvalue weighted by atomic mass is 16.5. The third kappa shape index (κ3) is 5.48. The maximum absolute atomic E-state index is 12.4. The molecule has 8 heteroatoms. The quantitative estimate of drug-likeness (QED) is 0.569. The Bertz CT molecular complexity index is 918. The Morgan fingerprint density at radius 3 is 2.83 bits per heavy atom. The highest BCUT2D eigenvalue weighted by molar-refractivity contribution is 5.76. The normalized spacial score (nSPS) is 14.9. The Balaban J connectivity index is 1.25. The zero-order valence-electron chi connectivity index (χ0n) is 17.2. The first-order valence-electron chi connectivity index (χ1n) is 10.2. The second-order valence-corrected chi connectivity index (χ2v) is 7.71. The van der Waals surface area contributed by atoms with Gasteiger partial charge in [-0.05, 0) is 30.8 Å². The van der Waals surface area contributed by atoms with Gasteiger partial charge in [0.2, 0.25) is 5.91 Å². The fraction of sp³-hybridized carbons (Fsp3) is 0.409. The predicted octanol–water partition coefficient (Wildman–Crippen LogP) is 2.57. The minimum Gasteiger partial charge on any atom is -0.490 e. The first-order valence-corrected chi connectivity index (χ1v) is 10.2. The van der Waals surface area contributed by atoms with Crippen LogP contribution < -0.4 is 4.74 Å². The van der Waals surface area contributed by atoms with Crippen LogP contribution in [0.15, 0.2) is 59.6 Å². The lowest BCUT2D eigenvalue weighted by Crippen LogP contribution is -2.43. The summed E-state index contributed by atoms with van der Waals surface area (Å²) in [7, 11) is 2.05. The molecule has 1 amide bonds. The number of carbonyl (C=O) groups excluding carboxylic acids is 1. The second-order valence-electron chi connectivity index (χ2n) is 7.71. The molecule has 30 heavy (non-hydrogen) atoms. The fourth-order valence-corrected chi connectivity index (χ4v) is 3.73. The predicted molar refractivity (Wildman–Crippen MR) is 111 cm³/mol. The largest absolute Gasteiger partial charge is 0.490 e. The number of rotatable bonds is 8. The van der Waals surface area contributed by atoms with Crippen molar-refractivity contribution in [2.75, 3.05) is 20.1 Å². The molecule has 0 bridgehead atoms. The topological polar surface area (TPSA) is 76.6 Å². The zero-order valence-corrected chi connectivity index (χ0v) is 17.2. The molecule has 3 aromatic rings. The molecule has 158 valence electrons. The van der Waals surface area contributed by atoms with E-state index in [0.29, 0.717) is 19.6 Å². The first-order chi connectivity index (χ1) is 14.7. The molecule has 0 saturated carbocycles. The van der Waals surface area contributed by atoms with Gasteiger partial charge in [0.1, 0.15) is 24.7 Å². The van der Waals surface area contributed by atoms with Crippen LogP contribution in [-0.2, 0) is 24.4 Å². The van der Waals surface area contributed by atoms with E-state index in [4.69, 9.17) is 9.26 Å². The van der Waals surface area contributed by atoms with Gasteiger partial charge in [0.25, 0.3) is 0 Å². The van der Waals surface area contributed by atoms with Crippen molar-refractivity contribution in [3.63, 3.8) is 0 Å². The van der Waals surface area contributed by atoms with Gasteiger partial charge in [0, 0.05) is 57.5 Å². The second kappa shape index (κ2) is 9.58. The Labute approximate surface area is 176 Å². The molecular weight excluding hydrogens is 382 g/mol. The molecule has 1 fully saturated rings. The van der Waals surface area contributed by atoms with E-state index < -0.39 is 0 Å². The molecule has 4 rings (SSSR count). The molecule has 0 radical (unpaired) electrons. The third-order valence-corrected chi connectivity index (χ3v) is 5.23. The van der Waals surface area contributed by atoms with E-state index in [1.807, 2.05) is 35.4 Å². The fourth-order valence-electron chi connectivity index (χ4n) is 3.73. The average Bonchev–Trinajstić information content (AvgIpc) is 3.43. The lowest BCUT2D eigenvalue weighted by molar-refractivity contribution is -0.133. The van der Waals surface area contributed by atoms with Gasteiger partial charge in [-0.3, -0.25) is 14.4 Å². The minimum atomic E-state index is 0.106. The Hall–Kier alpha value is -3.13. The summed E-state index contributed by atoms with van der Waals surface area (Å²) in [6.45, 7) is 3.25. The highest BCUT2D eigenvalue weighted by Crippen LogP contribution is 2.21. The van der Waals surface area contributed by atoms with E-state index >= 15 is 0 Å². The zero-order chi connectivity index (χ0) is 20.8. The molecule has 0 atom stereocenters. The molecule has 0 N–H and O–H groups in total. The smallest absolute Gasteiger partial charge is 0.244 e. The van der Waals surface area contributed by atoms with Crippen LogP contribution in [0.2, 0.25) is 0 Å². The maximum Gasteiger partial charge on any atom is 0.244 e. The Morgan fingerprint density at radius 2 is 2.10 bits per heavy atom. The van der Waals surface area contributed by atoms with E-state index in [-0.39, 0.29) is 12.0 Å². The molecular formula is C22H27N5O3. The number of nitrogens with zero attached hydrogens (tertiary/aromatic N) is 5. The van der Waals surface area contributed by atoms with Crippen molar-refractivity contribution in [3.8, 4) is 5.75 Å². The third-order valence-electron chi connectivity index (χ3n) is 5.23. The number of hydrogen-bond donors (Lipinski definition) is 0. The molecule has 1 saturated heterocycles. The van der Waals surface area contributed by atoms with Crippen molar-refractivity contribution in [2.24, 2.45) is 0 Å². The van der Waals surface area contributed by atoms with Crippen molar-refractivity contribution in [3.05, 3.63) is 66.3 Å². The number of aromatic nitrogens is 3. The van der Waals surface area contributed by atoms with Crippen molar-refractivity contribution in [2.45, 2.75) is 38.6 Å². The van der Waals surface area contributed by atoms with Gasteiger partial charge in [-0.2, -0.15) is 5.10 Å². The number of likely N-dealkylation sites (tertiary alicyclic amines) is 1. The van der Waals surface area contributed by atoms with E-state index in [1.165, 1.54) is 5.56 Å². The number of carbonyl (C=O) groups is 1. The maximum atomic E-state index is 12.4. The summed E-state index contributed by atoms with van der Waals surface area (Å²) in [4.78, 5) is 16.5. The standard InChI is InChI=1S/C22H27N5O3/c1-25(16-19-8-13-29-24-19)15-18-4-2-5-21(14-18)30-20-6-11-26(12-7-20)22(28)17-27-10-3-9-23-27/h2-5,8-10,13-14,20H,6-7,11-12,15-17H2,1H3. The van der Waals surface area contributed by atoms with Crippen LogP contribution in [-0.4, -0.2) is 56.9 Å². The van der Waals surface area contributed by atoms with Gasteiger partial charge in [0.15, 0.2) is 0 Å². The summed E-state index contributed by atoms with van der Waals surface area (Å²) in [5.74, 6) is 0.984. The van der Waals surface area contributed by atoms with E-state index in [1.54, 1.807) is 17.1 Å². The van der Waals surface area contributed by atoms with Crippen LogP contribution in [0.1, 0.15) is 24.1 Å². The molecule has 1 aliphatic heterocycles. The molecule has 0 spiro atoms. The molecule has 2 aromatic heterocycles. The van der Waals surface area contributed by atoms with Crippen LogP contribution in [0.3, 0.4) is 0 Å². The van der Waals surface area contributed by atoms with Crippen molar-refractivity contribution in [1.29, 1.82) is 0 Å². The van der Waals surface area contributed by atoms with Crippen LogP contribution in [0.5, 0.6) is 5.75 Å². The number of piperidine rings is 1. The van der Waals surface area contributed by atoms with E-state index in [0.717, 1.165) is 37.4 Å². The molecule has 0 aliphatic carbocycles. The summed E-state index contributed by atoms with van der Waals surface area (Å²) in [5.41, 5.74) is 2.10. The summed E-state index contributed by atoms with van der Waals surface area (Å²) in [5, 5.41) is 8.06. The number of hydrogen-bond acceptors (Lipinski definition) is 6. The summed E-state index contributed by atoms with van der Waals surface area (Å²) in [6.07, 6.45) is 6.88. The Kier molecular flexibility index (Phi) is 6.44. The van der Waals surface area contributed by atoms with Crippen LogP contribution in [0.25, 0.3) is 0 Å². The van der Waals surface area contributed by atoms with Gasteiger partial charge in [-0.25, -0.2) is 0 Å². The van der Waals surface area contributed by atoms with Gasteiger partial charge in [-0.1, -0.05) is 17.3 Å². The lowest BCUT2D eigenvalue weighted by Gasteiger charge is -2.32. The lowest BCUT2D eigenvalue weighted by atomic mass is 10.1. The minimum absolute atomic E-state index is 0.106. The Morgan fingerprint density at radius 1 is 1.23 bits per heavy atom. The first kappa shape index (κ1) is 20.2. The van der Waals surface area contributed by atoms with Gasteiger partial charge >= 0.3 is 0 Å². The van der Waals surface area contributed by atoms with Crippen molar-refractivity contribution in [1.82, 2.24) is 24.7 Å². The summed E-state index contributed by atoms with van der Waals surface area (Å²) >= 11 is 0. The van der Waals surface area contributed by atoms with E-state index in [9.17, 15) is 4.79 Å². The van der Waals surface area contributed by atoms with Gasteiger partial charge in [0.05, 0.1) is 5.69 Å². The summed E-state index contributed by atoms with van der Waals surface area (Å²) < 4.78 is 12.8. The number of ether oxygens (including phenoxy) is 1. The molecule has 3 heterocycles. The molecule has 8 nitrogen and oxygen atoms in total. The highest BCUT2D eigenvalue weighted by Gasteiger charge is 2.24. The molecule has 0 unspecified atom stereocenters. The van der Waals surface area contributed by atoms with Crippen molar-refractivity contribution >= 4 is 5.91 Å². The van der Waals surface area contributed by atoms with E-state index in [2.05, 4.69) is 34.3 Å². The van der Waals surface area contributed by atoms with Crippen LogP contribution in [0, 0.1) is 0 Å². The molecule has 1 aromatic carbocycles. The number of amides is 1. The van der Waals surface area contributed by atoms with Gasteiger partial charge in [-0.15, -0.1) is 0 Å². The SMILES string of the molecule is CN(Cc1cccc(OC2CCN(C(=O)Cn3cccn3)CC2)c1)Cc1ccon1. The molecule has 1 aliphatic rings. The van der Waals surface area contributed by atoms with Crippen molar-refractivity contribution < 1.29 is 14.1 Å². The monoisotopic (exact) mass is 409 g/mol. The van der Waals surface area contributed by atoms with Gasteiger partial charge < -0.3 is 14.2 Å².